The molecule has 106 valence electrons. The molecule has 0 saturated carbocycles. The van der Waals surface area contributed by atoms with Crippen LogP contribution in [0.25, 0.3) is 0 Å². The second kappa shape index (κ2) is 9.23. The summed E-state index contributed by atoms with van der Waals surface area (Å²) in [5.74, 6) is 1.17. The molecule has 0 aliphatic carbocycles. The molecular formula is C14H21ClN2OS. The third-order valence-electron chi connectivity index (χ3n) is 2.74. The van der Waals surface area contributed by atoms with Crippen LogP contribution >= 0.6 is 23.4 Å². The van der Waals surface area contributed by atoms with Gasteiger partial charge >= 0.3 is 0 Å². The van der Waals surface area contributed by atoms with Crippen molar-refractivity contribution in [3.05, 3.63) is 29.3 Å². The molecular weight excluding hydrogens is 280 g/mol. The van der Waals surface area contributed by atoms with Crippen molar-refractivity contribution < 1.29 is 4.79 Å². The Bertz CT molecular complexity index is 384. The van der Waals surface area contributed by atoms with Crippen molar-refractivity contribution in [2.75, 3.05) is 32.9 Å². The van der Waals surface area contributed by atoms with Crippen LogP contribution in [0.4, 0.5) is 0 Å². The highest BCUT2D eigenvalue weighted by Gasteiger charge is 2.07. The molecule has 0 atom stereocenters. The lowest BCUT2D eigenvalue weighted by Crippen LogP contribution is -2.32. The Balaban J connectivity index is 2.16. The summed E-state index contributed by atoms with van der Waals surface area (Å²) in [6, 6.07) is 7.79. The fourth-order valence-electron chi connectivity index (χ4n) is 1.54. The molecule has 19 heavy (non-hydrogen) atoms. The molecule has 1 aromatic carbocycles. The first-order valence-corrected chi connectivity index (χ1v) is 7.76. The van der Waals surface area contributed by atoms with Crippen LogP contribution < -0.4 is 5.32 Å². The van der Waals surface area contributed by atoms with Gasteiger partial charge in [-0.1, -0.05) is 11.6 Å². The number of nitrogens with zero attached hydrogens (tertiary/aromatic N) is 1. The van der Waals surface area contributed by atoms with Gasteiger partial charge in [0.05, 0.1) is 0 Å². The molecule has 0 spiro atoms. The molecule has 1 N–H and O–H groups in total. The smallest absolute Gasteiger partial charge is 0.222 e. The van der Waals surface area contributed by atoms with Gasteiger partial charge < -0.3 is 10.2 Å². The van der Waals surface area contributed by atoms with Gasteiger partial charge in [-0.15, -0.1) is 11.8 Å². The lowest BCUT2D eigenvalue weighted by molar-refractivity contribution is -0.129. The topological polar surface area (TPSA) is 32.3 Å². The number of hydrogen-bond acceptors (Lipinski definition) is 3. The highest BCUT2D eigenvalue weighted by Crippen LogP contribution is 2.21. The van der Waals surface area contributed by atoms with E-state index >= 15 is 0 Å². The minimum atomic E-state index is 0.215. The van der Waals surface area contributed by atoms with Crippen LogP contribution in [0.3, 0.4) is 0 Å². The van der Waals surface area contributed by atoms with Crippen molar-refractivity contribution in [2.24, 2.45) is 0 Å². The summed E-state index contributed by atoms with van der Waals surface area (Å²) < 4.78 is 0. The van der Waals surface area contributed by atoms with Crippen molar-refractivity contribution in [2.45, 2.75) is 17.7 Å². The number of likely N-dealkylation sites (N-methyl/N-ethyl adjacent to an activating group) is 2. The third-order valence-corrected chi connectivity index (χ3v) is 4.09. The molecule has 0 fully saturated rings. The molecule has 0 aromatic heterocycles. The maximum absolute atomic E-state index is 11.8. The Morgan fingerprint density at radius 2 is 2.05 bits per heavy atom. The lowest BCUT2D eigenvalue weighted by Gasteiger charge is -2.16. The zero-order chi connectivity index (χ0) is 14.1. The van der Waals surface area contributed by atoms with Crippen LogP contribution in [-0.2, 0) is 4.79 Å². The monoisotopic (exact) mass is 300 g/mol. The number of nitrogens with one attached hydrogen (secondary N) is 1. The molecule has 0 heterocycles. The van der Waals surface area contributed by atoms with E-state index in [-0.39, 0.29) is 5.91 Å². The summed E-state index contributed by atoms with van der Waals surface area (Å²) >= 11 is 7.59. The molecule has 0 radical (unpaired) electrons. The number of rotatable bonds is 8. The number of halogens is 1. The predicted molar refractivity (Wildman–Crippen MR) is 83.0 cm³/mol. The van der Waals surface area contributed by atoms with Gasteiger partial charge in [0, 0.05) is 36.5 Å². The zero-order valence-corrected chi connectivity index (χ0v) is 13.1. The average molecular weight is 301 g/mol. The number of benzene rings is 1. The highest BCUT2D eigenvalue weighted by molar-refractivity contribution is 7.99. The van der Waals surface area contributed by atoms with Crippen molar-refractivity contribution in [3.63, 3.8) is 0 Å². The van der Waals surface area contributed by atoms with Crippen LogP contribution in [0.5, 0.6) is 0 Å². The third kappa shape index (κ3) is 6.85. The van der Waals surface area contributed by atoms with Gasteiger partial charge in [-0.05, 0) is 43.5 Å². The SMILES string of the molecule is CNCCN(C)C(=O)CCCSc1ccc(Cl)cc1. The van der Waals surface area contributed by atoms with E-state index in [4.69, 9.17) is 11.6 Å². The average Bonchev–Trinajstić information content (AvgIpc) is 2.42. The Morgan fingerprint density at radius 1 is 1.37 bits per heavy atom. The van der Waals surface area contributed by atoms with Crippen molar-refractivity contribution >= 4 is 29.3 Å². The van der Waals surface area contributed by atoms with E-state index in [1.165, 1.54) is 4.90 Å². The first-order valence-electron chi connectivity index (χ1n) is 6.40. The van der Waals surface area contributed by atoms with Crippen LogP contribution in [0.2, 0.25) is 5.02 Å². The van der Waals surface area contributed by atoms with Gasteiger partial charge in [0.25, 0.3) is 0 Å². The minimum absolute atomic E-state index is 0.215. The Morgan fingerprint density at radius 3 is 2.68 bits per heavy atom. The number of amides is 1. The van der Waals surface area contributed by atoms with Gasteiger partial charge in [-0.25, -0.2) is 0 Å². The maximum atomic E-state index is 11.8. The molecule has 3 nitrogen and oxygen atoms in total. The van der Waals surface area contributed by atoms with Crippen LogP contribution in [0.1, 0.15) is 12.8 Å². The first kappa shape index (κ1) is 16.3. The molecule has 0 unspecified atom stereocenters. The van der Waals surface area contributed by atoms with E-state index in [0.29, 0.717) is 6.42 Å². The fraction of sp³-hybridized carbons (Fsp3) is 0.500. The summed E-state index contributed by atoms with van der Waals surface area (Å²) in [7, 11) is 3.74. The minimum Gasteiger partial charge on any atom is -0.344 e. The zero-order valence-electron chi connectivity index (χ0n) is 11.5. The lowest BCUT2D eigenvalue weighted by atomic mass is 10.3. The molecule has 1 amide bonds. The van der Waals surface area contributed by atoms with Gasteiger partial charge in [0.2, 0.25) is 5.91 Å². The highest BCUT2D eigenvalue weighted by atomic mass is 35.5. The van der Waals surface area contributed by atoms with Gasteiger partial charge in [-0.2, -0.15) is 0 Å². The van der Waals surface area contributed by atoms with E-state index in [0.717, 1.165) is 30.3 Å². The summed E-state index contributed by atoms with van der Waals surface area (Å²) in [6.45, 7) is 1.60. The van der Waals surface area contributed by atoms with E-state index < -0.39 is 0 Å². The summed E-state index contributed by atoms with van der Waals surface area (Å²) in [5, 5.41) is 3.79. The summed E-state index contributed by atoms with van der Waals surface area (Å²) in [5.41, 5.74) is 0. The number of thioether (sulfide) groups is 1. The molecule has 0 aliphatic rings. The van der Waals surface area contributed by atoms with Crippen molar-refractivity contribution in [3.8, 4) is 0 Å². The number of carbonyl (C=O) groups is 1. The van der Waals surface area contributed by atoms with Gasteiger partial charge in [-0.3, -0.25) is 4.79 Å². The van der Waals surface area contributed by atoms with E-state index in [1.807, 2.05) is 38.4 Å². The Hall–Kier alpha value is -0.710. The Labute approximate surface area is 124 Å². The molecule has 0 saturated heterocycles. The van der Waals surface area contributed by atoms with Gasteiger partial charge in [0.15, 0.2) is 0 Å². The van der Waals surface area contributed by atoms with Crippen molar-refractivity contribution in [1.29, 1.82) is 0 Å². The number of carbonyl (C=O) groups excluding carboxylic acids is 1. The second-order valence-electron chi connectivity index (χ2n) is 4.32. The molecule has 1 aromatic rings. The van der Waals surface area contributed by atoms with E-state index in [1.54, 1.807) is 16.7 Å². The van der Waals surface area contributed by atoms with E-state index in [2.05, 4.69) is 5.32 Å². The van der Waals surface area contributed by atoms with Crippen molar-refractivity contribution in [1.82, 2.24) is 10.2 Å². The fourth-order valence-corrected chi connectivity index (χ4v) is 2.52. The van der Waals surface area contributed by atoms with Crippen LogP contribution in [0.15, 0.2) is 29.2 Å². The van der Waals surface area contributed by atoms with Gasteiger partial charge in [0.1, 0.15) is 0 Å². The van der Waals surface area contributed by atoms with E-state index in [9.17, 15) is 4.79 Å². The van der Waals surface area contributed by atoms with Crippen LogP contribution in [0, 0.1) is 0 Å². The molecule has 0 bridgehead atoms. The normalized spacial score (nSPS) is 10.5. The molecule has 1 rings (SSSR count). The largest absolute Gasteiger partial charge is 0.344 e. The first-order chi connectivity index (χ1) is 9.13. The Kier molecular flexibility index (Phi) is 7.94. The quantitative estimate of drug-likeness (QED) is 0.592. The second-order valence-corrected chi connectivity index (χ2v) is 5.93. The standard InChI is InChI=1S/C14H21ClN2OS/c1-16-9-10-17(2)14(18)4-3-11-19-13-7-5-12(15)6-8-13/h5-8,16H,3-4,9-11H2,1-2H3. The molecule has 0 aliphatic heterocycles. The number of hydrogen-bond donors (Lipinski definition) is 1. The maximum Gasteiger partial charge on any atom is 0.222 e. The summed E-state index contributed by atoms with van der Waals surface area (Å²) in [6.07, 6.45) is 1.51. The predicted octanol–water partition coefficient (Wildman–Crippen LogP) is 2.89. The van der Waals surface area contributed by atoms with Crippen LogP contribution in [-0.4, -0.2) is 43.7 Å². The molecule has 5 heteroatoms. The summed E-state index contributed by atoms with van der Waals surface area (Å²) in [4.78, 5) is 14.8.